The number of carbonyl (C=O) groups is 4. The van der Waals surface area contributed by atoms with Crippen LogP contribution in [0.15, 0.2) is 111 Å². The van der Waals surface area contributed by atoms with Gasteiger partial charge in [0.05, 0.1) is 79.7 Å². The number of carbonyl (C=O) groups excluding carboxylic acids is 4. The Balaban J connectivity index is 0.000000296. The van der Waals surface area contributed by atoms with Gasteiger partial charge in [0.15, 0.2) is 50.6 Å². The van der Waals surface area contributed by atoms with E-state index >= 15 is 0 Å². The van der Waals surface area contributed by atoms with Crippen LogP contribution in [0.4, 0.5) is 0 Å². The normalized spacial score (nSPS) is 15.4. The van der Waals surface area contributed by atoms with Crippen LogP contribution in [0.5, 0.6) is 0 Å². The van der Waals surface area contributed by atoms with E-state index in [1.54, 1.807) is 45.3 Å². The largest absolute Gasteiger partial charge is 0.458 e. The molecule has 8 rings (SSSR count). The molecular weight excluding hydrogens is 1690 g/mol. The number of rotatable bonds is 42. The van der Waals surface area contributed by atoms with Gasteiger partial charge in [-0.2, -0.15) is 0 Å². The molecule has 0 bridgehead atoms. The van der Waals surface area contributed by atoms with Gasteiger partial charge in [-0.05, 0) is 274 Å². The lowest BCUT2D eigenvalue weighted by atomic mass is 10.1. The highest BCUT2D eigenvalue weighted by Crippen LogP contribution is 2.52. The number of allylic oxidation sites excluding steroid dienone is 2. The number of nitrogens with zero attached hydrogens (tertiary/aromatic N) is 4. The third-order valence-electron chi connectivity index (χ3n) is 17.2. The van der Waals surface area contributed by atoms with Gasteiger partial charge >= 0.3 is 0 Å². The number of hydrogen-bond donors (Lipinski definition) is 0. The summed E-state index contributed by atoms with van der Waals surface area (Å²) in [7, 11) is -8.05. The molecule has 0 saturated carbocycles. The zero-order chi connectivity index (χ0) is 73.8. The van der Waals surface area contributed by atoms with Crippen molar-refractivity contribution in [3.8, 4) is 0 Å². The second-order valence-electron chi connectivity index (χ2n) is 31.1. The Kier molecular flexibility index (Phi) is 35.7. The van der Waals surface area contributed by atoms with E-state index in [0.29, 0.717) is 48.5 Å². The van der Waals surface area contributed by atoms with Gasteiger partial charge in [0, 0.05) is 26.2 Å². The summed E-state index contributed by atoms with van der Waals surface area (Å²) in [6, 6.07) is 18.6. The molecule has 0 spiro atoms. The number of thiophene rings is 4. The lowest BCUT2D eigenvalue weighted by Gasteiger charge is -2.31. The molecule has 100 heavy (non-hydrogen) atoms. The SMILES string of the molecule is C=CCCCCCCN1C(=O)C2=C(c3ccc(Br)s3)N(CCCCCCC=C)C(=O)C2=C1c1ccc(Br)s1.C[SiH](C)O[Si](C)(C)C.C[Si](C)(C)O[Si](C)(C)CCCCCCCCN1C(=O)C2=C(c3ccc(Br)s3)N(CCCCCCCC[Si](C)(C)O[Si](C)(C)C)C(=O)C2=C1c1ccc(Br)s1. The molecule has 4 amide bonds. The molecule has 0 fully saturated rings. The van der Waals surface area contributed by atoms with Crippen molar-refractivity contribution in [2.75, 3.05) is 26.2 Å². The topological polar surface area (TPSA) is 109 Å². The Morgan fingerprint density at radius 2 is 0.590 bits per heavy atom. The number of halogens is 4. The van der Waals surface area contributed by atoms with E-state index in [1.165, 1.54) is 50.6 Å². The molecule has 4 aromatic rings. The number of amides is 4. The molecule has 8 heterocycles. The van der Waals surface area contributed by atoms with Crippen LogP contribution in [0, 0.1) is 0 Å². The maximum absolute atomic E-state index is 14.5. The summed E-state index contributed by atoms with van der Waals surface area (Å²) < 4.78 is 22.7. The van der Waals surface area contributed by atoms with Gasteiger partial charge in [0.1, 0.15) is 0 Å². The van der Waals surface area contributed by atoms with E-state index < -0.39 is 50.6 Å². The van der Waals surface area contributed by atoms with Crippen LogP contribution in [-0.2, 0) is 31.5 Å². The minimum absolute atomic E-state index is 0.0286. The predicted octanol–water partition coefficient (Wildman–Crippen LogP) is 25.2. The van der Waals surface area contributed by atoms with Gasteiger partial charge in [-0.3, -0.25) is 19.2 Å². The summed E-state index contributed by atoms with van der Waals surface area (Å²) in [5, 5.41) is 0. The van der Waals surface area contributed by atoms with Gasteiger partial charge in [-0.1, -0.05) is 102 Å². The molecule has 4 aliphatic heterocycles. The Bertz CT molecular complexity index is 3320. The molecule has 0 saturated heterocycles. The van der Waals surface area contributed by atoms with Crippen LogP contribution < -0.4 is 0 Å². The minimum atomic E-state index is -1.58. The van der Waals surface area contributed by atoms with Gasteiger partial charge in [-0.15, -0.1) is 58.5 Å². The lowest BCUT2D eigenvalue weighted by molar-refractivity contribution is -0.124. The molecular formula is C75H116Br4N4O7S4Si6. The van der Waals surface area contributed by atoms with Crippen molar-refractivity contribution < 1.29 is 31.5 Å². The standard InChI is InChI=1S/C40H66Br2N2O4S2Si4.C30H34Br2N2O2S2.C5H16OSi2/c1-51(2,3)47-53(7,8)29-21-17-13-11-15-19-27-43-37(31-23-25-33(41)49-31)35-36(39(43)45)38(32-24-26-34(42)50-32)44(40(35)46)28-20-16-12-14-18-22-30-54(9,10)48-52(4,5)6;1-3-5-7-9-11-13-19-33-27(21-15-17-23(31)37-21)25-26(29(33)35)28(22-16-18-24(32)38-22)34(30(25)36)20-14-12-10-8-6-4-2;1-7(2)6-8(3,4)5/h23-26H,11-22,27-30H2,1-10H3;3-4,15-18H,1-2,5-14,19-20H2;7H,1-5H3. The number of unbranched alkanes of at least 4 members (excludes halogenated alkanes) is 18. The van der Waals surface area contributed by atoms with E-state index in [4.69, 9.17) is 12.3 Å². The zero-order valence-corrected chi connectivity index (χ0v) is 78.6. The summed E-state index contributed by atoms with van der Waals surface area (Å²) >= 11 is 20.8. The average Bonchev–Trinajstić information content (AvgIpc) is 1.57. The quantitative estimate of drug-likeness (QED) is 0.0247. The molecule has 11 nitrogen and oxygen atoms in total. The summed E-state index contributed by atoms with van der Waals surface area (Å²) in [6.07, 6.45) is 28.0. The highest BCUT2D eigenvalue weighted by molar-refractivity contribution is 9.11. The molecule has 0 aromatic carbocycles. The first-order chi connectivity index (χ1) is 47.1. The fourth-order valence-corrected chi connectivity index (χ4v) is 41.5. The first-order valence-corrected chi connectivity index (χ1v) is 62.3. The van der Waals surface area contributed by atoms with E-state index in [2.05, 4.69) is 187 Å². The third-order valence-corrected chi connectivity index (χ3v) is 40.9. The Labute approximate surface area is 659 Å². The highest BCUT2D eigenvalue weighted by atomic mass is 79.9. The van der Waals surface area contributed by atoms with Crippen LogP contribution in [0.3, 0.4) is 0 Å². The van der Waals surface area contributed by atoms with Crippen molar-refractivity contribution >= 4 is 206 Å². The summed E-state index contributed by atoms with van der Waals surface area (Å²) in [5.74, 6) is -0.155. The molecule has 4 aromatic heterocycles. The Morgan fingerprint density at radius 1 is 0.360 bits per heavy atom. The van der Waals surface area contributed by atoms with E-state index in [9.17, 15) is 19.2 Å². The minimum Gasteiger partial charge on any atom is -0.458 e. The fraction of sp³-hybridized carbons (Fsp3) is 0.573. The van der Waals surface area contributed by atoms with Gasteiger partial charge in [-0.25, -0.2) is 0 Å². The molecule has 0 unspecified atom stereocenters. The number of hydrogen-bond acceptors (Lipinski definition) is 11. The van der Waals surface area contributed by atoms with Crippen molar-refractivity contribution in [1.82, 2.24) is 19.6 Å². The molecule has 0 radical (unpaired) electrons. The van der Waals surface area contributed by atoms with E-state index in [-0.39, 0.29) is 23.6 Å². The number of fused-ring (bicyclic) bond motifs is 2. The Hall–Kier alpha value is -1.78. The first-order valence-electron chi connectivity index (χ1n) is 36.7. The van der Waals surface area contributed by atoms with Crippen LogP contribution in [0.2, 0.25) is 110 Å². The summed E-state index contributed by atoms with van der Waals surface area (Å²) in [5.41, 5.74) is 5.47. The first kappa shape index (κ1) is 87.1. The molecule has 0 atom stereocenters. The Morgan fingerprint density at radius 3 is 0.780 bits per heavy atom. The highest BCUT2D eigenvalue weighted by Gasteiger charge is 2.51. The molecule has 0 aliphatic carbocycles. The molecule has 554 valence electrons. The van der Waals surface area contributed by atoms with E-state index in [0.717, 1.165) is 160 Å². The third kappa shape index (κ3) is 27.2. The second kappa shape index (κ2) is 41.0. The maximum Gasteiger partial charge on any atom is 0.261 e. The fourth-order valence-electron chi connectivity index (χ4n) is 13.8. The second-order valence-corrected chi connectivity index (χ2v) is 66.3. The van der Waals surface area contributed by atoms with Crippen molar-refractivity contribution in [3.05, 3.63) is 131 Å². The van der Waals surface area contributed by atoms with Crippen LogP contribution in [0.25, 0.3) is 22.8 Å². The summed E-state index contributed by atoms with van der Waals surface area (Å²) in [4.78, 5) is 68.6. The smallest absolute Gasteiger partial charge is 0.261 e. The molecule has 0 N–H and O–H groups in total. The van der Waals surface area contributed by atoms with Crippen LogP contribution in [-0.4, -0.2) is 120 Å². The van der Waals surface area contributed by atoms with Crippen molar-refractivity contribution in [1.29, 1.82) is 0 Å². The van der Waals surface area contributed by atoms with Crippen molar-refractivity contribution in [3.63, 3.8) is 0 Å². The van der Waals surface area contributed by atoms with Gasteiger partial charge < -0.3 is 31.9 Å². The monoisotopic (exact) mass is 1800 g/mol. The summed E-state index contributed by atoms with van der Waals surface area (Å²) in [6.45, 7) is 44.5. The lowest BCUT2D eigenvalue weighted by Crippen LogP contribution is -2.42. The van der Waals surface area contributed by atoms with Crippen LogP contribution >= 0.6 is 109 Å². The average molecular weight is 1800 g/mol. The maximum atomic E-state index is 14.5. The van der Waals surface area contributed by atoms with Gasteiger partial charge in [0.25, 0.3) is 23.6 Å². The predicted molar refractivity (Wildman–Crippen MR) is 461 cm³/mol. The zero-order valence-electron chi connectivity index (χ0n) is 62.9. The molecule has 4 aliphatic rings. The molecule has 25 heteroatoms. The van der Waals surface area contributed by atoms with Crippen LogP contribution in [0.1, 0.15) is 161 Å². The van der Waals surface area contributed by atoms with Crippen molar-refractivity contribution in [2.45, 2.75) is 252 Å². The van der Waals surface area contributed by atoms with Crippen molar-refractivity contribution in [2.24, 2.45) is 0 Å². The van der Waals surface area contributed by atoms with E-state index in [1.807, 2.05) is 68.1 Å². The van der Waals surface area contributed by atoms with Gasteiger partial charge in [0.2, 0.25) is 0 Å².